The Morgan fingerprint density at radius 1 is 0.494 bits per heavy atom. The smallest absolute Gasteiger partial charge is 0.340 e. The zero-order valence-corrected chi connectivity index (χ0v) is 41.8. The van der Waals surface area contributed by atoms with Crippen molar-refractivity contribution in [3.05, 3.63) is 70.3 Å². The maximum Gasteiger partial charge on any atom is 0.340 e. The Bertz CT molecular complexity index is 2680. The number of esters is 11. The standard InChI is InChI=1S/C48H48F2N2O25/c1-25(53)66-21-70-43(59)17-51(18-44(60)71-22-67-26(2)54)7-8-64-9-10-65-42-14-32-31(11-37(42)52(19-45(61)72-23-68-27(3)55)20-46(62)73-24-69-28(4)56)47(63)77-48(32)33-12-35(49)40(74-29(5)57)15-38(33)76-39-16-41(75-30(6)58)36(50)13-34(39)48/h11-16H,7-10,17-24H2,1-6H3. The van der Waals surface area contributed by atoms with E-state index in [2.05, 4.69) is 9.47 Å². The van der Waals surface area contributed by atoms with Crippen LogP contribution in [-0.4, -0.2) is 150 Å². The van der Waals surface area contributed by atoms with Crippen molar-refractivity contribution in [1.82, 2.24) is 4.90 Å². The van der Waals surface area contributed by atoms with Crippen molar-refractivity contribution in [3.8, 4) is 28.7 Å². The average molecular weight is 1090 g/mol. The van der Waals surface area contributed by atoms with Crippen molar-refractivity contribution in [2.45, 2.75) is 47.1 Å². The SMILES string of the molecule is CC(=O)OCOC(=O)CN(CCOCCOc1cc2c(cc1N(CC(=O)OCOC(C)=O)CC(=O)OCOC(C)=O)C(=O)OC21c2cc(F)c(OC(C)=O)cc2Oc2cc(OC(C)=O)c(F)cc21)CC(=O)OCOC(C)=O. The molecule has 2 aliphatic heterocycles. The highest BCUT2D eigenvalue weighted by atomic mass is 19.1. The Balaban J connectivity index is 1.58. The van der Waals surface area contributed by atoms with Gasteiger partial charge in [-0.25, -0.2) is 13.6 Å². The largest absolute Gasteiger partial charge is 0.489 e. The molecule has 0 N–H and O–H groups in total. The van der Waals surface area contributed by atoms with Crippen LogP contribution in [0, 0.1) is 11.6 Å². The quantitative estimate of drug-likeness (QED) is 0.0365. The minimum absolute atomic E-state index is 0.178. The second kappa shape index (κ2) is 27.0. The Labute approximate surface area is 434 Å². The monoisotopic (exact) mass is 1090 g/mol. The van der Waals surface area contributed by atoms with Gasteiger partial charge in [-0.1, -0.05) is 0 Å². The molecule has 2 heterocycles. The number of carbonyl (C=O) groups is 11. The third-order valence-electron chi connectivity index (χ3n) is 10.1. The van der Waals surface area contributed by atoms with E-state index in [1.165, 1.54) is 4.90 Å². The lowest BCUT2D eigenvalue weighted by atomic mass is 9.77. The molecule has 27 nitrogen and oxygen atoms in total. The van der Waals surface area contributed by atoms with Gasteiger partial charge in [-0.05, 0) is 24.3 Å². The van der Waals surface area contributed by atoms with Crippen LogP contribution in [-0.2, 0) is 101 Å². The summed E-state index contributed by atoms with van der Waals surface area (Å²) in [4.78, 5) is 137. The summed E-state index contributed by atoms with van der Waals surface area (Å²) < 4.78 is 104. The number of hydrogen-bond acceptors (Lipinski definition) is 27. The summed E-state index contributed by atoms with van der Waals surface area (Å²) in [5, 5.41) is 0. The minimum atomic E-state index is -2.38. The highest BCUT2D eigenvalue weighted by Gasteiger charge is 2.55. The molecule has 0 aromatic heterocycles. The first-order valence-corrected chi connectivity index (χ1v) is 22.5. The van der Waals surface area contributed by atoms with Gasteiger partial charge in [0.15, 0.2) is 28.7 Å². The molecule has 3 aromatic rings. The summed E-state index contributed by atoms with van der Waals surface area (Å²) in [5.74, 6) is -14.9. The van der Waals surface area contributed by atoms with E-state index in [0.29, 0.717) is 0 Å². The molecule has 1 spiro atoms. The predicted octanol–water partition coefficient (Wildman–Crippen LogP) is 2.14. The molecule has 0 bridgehead atoms. The van der Waals surface area contributed by atoms with Crippen molar-refractivity contribution >= 4 is 71.3 Å². The number of hydrogen-bond donors (Lipinski definition) is 0. The first-order valence-electron chi connectivity index (χ1n) is 22.5. The molecule has 0 aliphatic carbocycles. The fraction of sp³-hybridized carbons (Fsp3) is 0.396. The Morgan fingerprint density at radius 2 is 0.922 bits per heavy atom. The predicted molar refractivity (Wildman–Crippen MR) is 243 cm³/mol. The third-order valence-corrected chi connectivity index (χ3v) is 10.1. The maximum atomic E-state index is 16.0. The zero-order valence-electron chi connectivity index (χ0n) is 41.8. The zero-order chi connectivity index (χ0) is 56.6. The van der Waals surface area contributed by atoms with Crippen LogP contribution < -0.4 is 23.8 Å². The first-order chi connectivity index (χ1) is 36.5. The van der Waals surface area contributed by atoms with E-state index in [1.54, 1.807) is 0 Å². The Hall–Kier alpha value is -8.99. The molecule has 77 heavy (non-hydrogen) atoms. The van der Waals surface area contributed by atoms with E-state index >= 15 is 8.78 Å². The van der Waals surface area contributed by atoms with Crippen LogP contribution in [0.2, 0.25) is 0 Å². The Morgan fingerprint density at radius 3 is 1.34 bits per heavy atom. The fourth-order valence-electron chi connectivity index (χ4n) is 7.08. The van der Waals surface area contributed by atoms with E-state index in [9.17, 15) is 52.7 Å². The van der Waals surface area contributed by atoms with Crippen LogP contribution in [0.4, 0.5) is 14.5 Å². The van der Waals surface area contributed by atoms with E-state index in [1.807, 2.05) is 0 Å². The van der Waals surface area contributed by atoms with Gasteiger partial charge in [0.2, 0.25) is 27.2 Å². The molecule has 0 saturated carbocycles. The molecule has 0 atom stereocenters. The lowest BCUT2D eigenvalue weighted by Gasteiger charge is -2.37. The Kier molecular flexibility index (Phi) is 20.6. The molecular formula is C48H48F2N2O25. The first kappa shape index (κ1) is 58.9. The van der Waals surface area contributed by atoms with Gasteiger partial charge in [0, 0.05) is 65.8 Å². The van der Waals surface area contributed by atoms with Gasteiger partial charge in [0.05, 0.1) is 48.7 Å². The van der Waals surface area contributed by atoms with Crippen LogP contribution in [0.5, 0.6) is 28.7 Å². The van der Waals surface area contributed by atoms with E-state index < -0.39 is 154 Å². The summed E-state index contributed by atoms with van der Waals surface area (Å²) in [6.07, 6.45) is 0. The van der Waals surface area contributed by atoms with Crippen LogP contribution in [0.25, 0.3) is 0 Å². The van der Waals surface area contributed by atoms with Gasteiger partial charge in [0.25, 0.3) is 0 Å². The van der Waals surface area contributed by atoms with Gasteiger partial charge in [-0.2, -0.15) is 0 Å². The lowest BCUT2D eigenvalue weighted by molar-refractivity contribution is -0.170. The van der Waals surface area contributed by atoms with Gasteiger partial charge < -0.3 is 71.2 Å². The summed E-state index contributed by atoms with van der Waals surface area (Å²) >= 11 is 0. The highest BCUT2D eigenvalue weighted by Crippen LogP contribution is 2.59. The molecule has 414 valence electrons. The number of fused-ring (bicyclic) bond motifs is 6. The van der Waals surface area contributed by atoms with E-state index in [4.69, 9.17) is 56.8 Å². The minimum Gasteiger partial charge on any atom is -0.489 e. The van der Waals surface area contributed by atoms with Crippen LogP contribution >= 0.6 is 0 Å². The normalized spacial score (nSPS) is 12.2. The van der Waals surface area contributed by atoms with Crippen LogP contribution in [0.3, 0.4) is 0 Å². The molecule has 0 amide bonds. The third kappa shape index (κ3) is 16.5. The van der Waals surface area contributed by atoms with Crippen LogP contribution in [0.1, 0.15) is 68.6 Å². The van der Waals surface area contributed by atoms with Crippen LogP contribution in [0.15, 0.2) is 36.4 Å². The van der Waals surface area contributed by atoms with E-state index in [-0.39, 0.29) is 64.9 Å². The van der Waals surface area contributed by atoms with E-state index in [0.717, 1.165) is 82.8 Å². The molecule has 29 heteroatoms. The second-order valence-electron chi connectivity index (χ2n) is 15.9. The molecule has 0 fully saturated rings. The number of rotatable bonds is 26. The molecule has 0 unspecified atom stereocenters. The molecule has 0 radical (unpaired) electrons. The second-order valence-corrected chi connectivity index (χ2v) is 15.9. The van der Waals surface area contributed by atoms with Crippen molar-refractivity contribution < 1.29 is 128 Å². The molecule has 3 aromatic carbocycles. The molecular weight excluding hydrogens is 1040 g/mol. The number of anilines is 1. The number of halogens is 2. The lowest BCUT2D eigenvalue weighted by Crippen LogP contribution is -2.39. The molecule has 5 rings (SSSR count). The maximum absolute atomic E-state index is 16.0. The van der Waals surface area contributed by atoms with Crippen molar-refractivity contribution in [2.24, 2.45) is 0 Å². The number of carbonyl (C=O) groups excluding carboxylic acids is 11. The molecule has 2 aliphatic rings. The average Bonchev–Trinajstić information content (AvgIpc) is 3.61. The molecule has 0 saturated heterocycles. The van der Waals surface area contributed by atoms with Crippen molar-refractivity contribution in [1.29, 1.82) is 0 Å². The number of benzene rings is 3. The number of nitrogens with zero attached hydrogens (tertiary/aromatic N) is 2. The topological polar surface area (TPSA) is 323 Å². The van der Waals surface area contributed by atoms with Gasteiger partial charge in [0.1, 0.15) is 36.9 Å². The van der Waals surface area contributed by atoms with Crippen molar-refractivity contribution in [3.63, 3.8) is 0 Å². The summed E-state index contributed by atoms with van der Waals surface area (Å²) in [7, 11) is 0. The van der Waals surface area contributed by atoms with Gasteiger partial charge in [-0.15, -0.1) is 0 Å². The van der Waals surface area contributed by atoms with Gasteiger partial charge >= 0.3 is 65.7 Å². The number of ether oxygens (including phenoxy) is 14. The summed E-state index contributed by atoms with van der Waals surface area (Å²) in [6.45, 7) is -1.06. The highest BCUT2D eigenvalue weighted by molar-refractivity contribution is 5.99. The summed E-state index contributed by atoms with van der Waals surface area (Å²) in [6, 6.07) is 5.74. The fourth-order valence-corrected chi connectivity index (χ4v) is 7.08. The summed E-state index contributed by atoms with van der Waals surface area (Å²) in [5.41, 5.74) is -3.84. The van der Waals surface area contributed by atoms with Crippen molar-refractivity contribution in [2.75, 3.05) is 84.6 Å². The van der Waals surface area contributed by atoms with Gasteiger partial charge in [-0.3, -0.25) is 52.8 Å².